The topological polar surface area (TPSA) is 29.3 Å². The van der Waals surface area contributed by atoms with Crippen LogP contribution in [-0.4, -0.2) is 23.0 Å². The predicted octanol–water partition coefficient (Wildman–Crippen LogP) is 5.79. The van der Waals surface area contributed by atoms with E-state index in [-0.39, 0.29) is 24.7 Å². The van der Waals surface area contributed by atoms with Gasteiger partial charge in [0.15, 0.2) is 0 Å². The third kappa shape index (κ3) is 3.85. The first-order valence-electron chi connectivity index (χ1n) is 11.4. The Kier molecular flexibility index (Phi) is 5.80. The zero-order chi connectivity index (χ0) is 22.7. The van der Waals surface area contributed by atoms with Crippen LogP contribution in [0.4, 0.5) is 0 Å². The third-order valence-corrected chi connectivity index (χ3v) is 6.53. The molecule has 0 aliphatic carbocycles. The van der Waals surface area contributed by atoms with E-state index in [1.807, 2.05) is 48.5 Å². The highest BCUT2D eigenvalue weighted by molar-refractivity contribution is 5.81. The van der Waals surface area contributed by atoms with Gasteiger partial charge in [-0.1, -0.05) is 121 Å². The number of nitrogens with zero attached hydrogens (tertiary/aromatic N) is 1. The van der Waals surface area contributed by atoms with E-state index < -0.39 is 5.54 Å². The van der Waals surface area contributed by atoms with Crippen molar-refractivity contribution in [3.63, 3.8) is 0 Å². The summed E-state index contributed by atoms with van der Waals surface area (Å²) in [7, 11) is 0. The van der Waals surface area contributed by atoms with Crippen LogP contribution in [0.5, 0.6) is 0 Å². The normalized spacial score (nSPS) is 19.6. The van der Waals surface area contributed by atoms with Crippen molar-refractivity contribution in [2.75, 3.05) is 0 Å². The lowest BCUT2D eigenvalue weighted by Gasteiger charge is -2.38. The molecule has 0 spiro atoms. The van der Waals surface area contributed by atoms with Crippen molar-refractivity contribution in [2.24, 2.45) is 0 Å². The molecule has 3 atom stereocenters. The Balaban J connectivity index is 1.57. The highest BCUT2D eigenvalue weighted by Gasteiger charge is 2.62. The minimum atomic E-state index is -0.598. The van der Waals surface area contributed by atoms with E-state index in [0.717, 1.165) is 22.3 Å². The summed E-state index contributed by atoms with van der Waals surface area (Å²) in [6.45, 7) is 2.39. The van der Waals surface area contributed by atoms with E-state index in [2.05, 4.69) is 84.6 Å². The second-order valence-corrected chi connectivity index (χ2v) is 8.49. The van der Waals surface area contributed by atoms with Gasteiger partial charge in [-0.3, -0.25) is 9.69 Å². The maximum absolute atomic E-state index is 13.3. The van der Waals surface area contributed by atoms with Gasteiger partial charge >= 0.3 is 5.97 Å². The molecule has 164 valence electrons. The summed E-state index contributed by atoms with van der Waals surface area (Å²) >= 11 is 0. The van der Waals surface area contributed by atoms with E-state index in [4.69, 9.17) is 4.74 Å². The molecule has 0 aromatic heterocycles. The van der Waals surface area contributed by atoms with Gasteiger partial charge in [-0.2, -0.15) is 0 Å². The molecular formula is C30H27NO2. The van der Waals surface area contributed by atoms with Crippen molar-refractivity contribution < 1.29 is 9.53 Å². The molecule has 0 radical (unpaired) electrons. The minimum Gasteiger partial charge on any atom is -0.460 e. The zero-order valence-electron chi connectivity index (χ0n) is 18.7. The van der Waals surface area contributed by atoms with Crippen molar-refractivity contribution in [3.8, 4) is 0 Å². The number of rotatable bonds is 7. The molecule has 1 heterocycles. The fraction of sp³-hybridized carbons (Fsp3) is 0.167. The first kappa shape index (κ1) is 21.2. The summed E-state index contributed by atoms with van der Waals surface area (Å²) in [5.74, 6) is -0.182. The van der Waals surface area contributed by atoms with Crippen molar-refractivity contribution >= 4 is 5.97 Å². The number of hydrogen-bond donors (Lipinski definition) is 0. The molecule has 1 aliphatic heterocycles. The van der Waals surface area contributed by atoms with E-state index in [1.54, 1.807) is 0 Å². The number of carbonyl (C=O) groups is 1. The standard InChI is InChI=1S/C30H27NO2/c1-23-28(29(32)33-22-24-14-6-2-7-15-24)31(23)30(25-16-8-3-9-17-25,26-18-10-4-11-19-26)27-20-12-5-13-21-27/h2-21,23,28H,22H2,1H3/t23-,28-,31?/m0/s1. The molecule has 0 saturated carbocycles. The van der Waals surface area contributed by atoms with Crippen LogP contribution >= 0.6 is 0 Å². The smallest absolute Gasteiger partial charge is 0.325 e. The molecule has 1 unspecified atom stereocenters. The zero-order valence-corrected chi connectivity index (χ0v) is 18.7. The first-order chi connectivity index (χ1) is 16.2. The highest BCUT2D eigenvalue weighted by Crippen LogP contribution is 2.51. The molecule has 33 heavy (non-hydrogen) atoms. The van der Waals surface area contributed by atoms with E-state index >= 15 is 0 Å². The minimum absolute atomic E-state index is 0.0360. The van der Waals surface area contributed by atoms with E-state index in [9.17, 15) is 4.79 Å². The molecule has 1 aliphatic rings. The molecular weight excluding hydrogens is 406 g/mol. The number of carbonyl (C=O) groups excluding carboxylic acids is 1. The number of esters is 1. The lowest BCUT2D eigenvalue weighted by atomic mass is 9.76. The SMILES string of the molecule is C[C@H]1[C@@H](C(=O)OCc2ccccc2)N1C(c1ccccc1)(c1ccccc1)c1ccccc1. The lowest BCUT2D eigenvalue weighted by molar-refractivity contribution is -0.145. The number of benzene rings is 4. The van der Waals surface area contributed by atoms with E-state index in [1.165, 1.54) is 0 Å². The summed E-state index contributed by atoms with van der Waals surface area (Å²) in [5, 5.41) is 0. The summed E-state index contributed by atoms with van der Waals surface area (Å²) < 4.78 is 5.77. The highest BCUT2D eigenvalue weighted by atomic mass is 16.5. The van der Waals surface area contributed by atoms with Gasteiger partial charge in [0.05, 0.1) is 5.54 Å². The quantitative estimate of drug-likeness (QED) is 0.210. The summed E-state index contributed by atoms with van der Waals surface area (Å²) in [5.41, 5.74) is 3.79. The van der Waals surface area contributed by atoms with Crippen LogP contribution in [0.2, 0.25) is 0 Å². The molecule has 0 bridgehead atoms. The summed E-state index contributed by atoms with van der Waals surface area (Å²) in [6, 6.07) is 40.9. The molecule has 3 heteroatoms. The molecule has 1 saturated heterocycles. The van der Waals surface area contributed by atoms with Gasteiger partial charge in [0.1, 0.15) is 12.6 Å². The largest absolute Gasteiger partial charge is 0.460 e. The maximum atomic E-state index is 13.3. The second-order valence-electron chi connectivity index (χ2n) is 8.49. The fourth-order valence-electron chi connectivity index (χ4n) is 4.97. The summed E-state index contributed by atoms with van der Waals surface area (Å²) in [6.07, 6.45) is 0. The number of hydrogen-bond acceptors (Lipinski definition) is 3. The van der Waals surface area contributed by atoms with Crippen LogP contribution in [0.25, 0.3) is 0 Å². The molecule has 3 nitrogen and oxygen atoms in total. The average Bonchev–Trinajstić information content (AvgIpc) is 3.56. The van der Waals surface area contributed by atoms with Crippen LogP contribution in [0, 0.1) is 0 Å². The van der Waals surface area contributed by atoms with Gasteiger partial charge in [0.2, 0.25) is 0 Å². The van der Waals surface area contributed by atoms with Gasteiger partial charge in [0.25, 0.3) is 0 Å². The third-order valence-electron chi connectivity index (χ3n) is 6.53. The Labute approximate surface area is 195 Å². The second kappa shape index (κ2) is 9.05. The van der Waals surface area contributed by atoms with Crippen LogP contribution in [0.1, 0.15) is 29.2 Å². The molecule has 0 N–H and O–H groups in total. The average molecular weight is 434 g/mol. The van der Waals surface area contributed by atoms with Crippen molar-refractivity contribution in [1.29, 1.82) is 0 Å². The van der Waals surface area contributed by atoms with Crippen LogP contribution < -0.4 is 0 Å². The van der Waals surface area contributed by atoms with Crippen LogP contribution in [-0.2, 0) is 21.7 Å². The Bertz CT molecular complexity index is 1100. The molecule has 4 aromatic rings. The Morgan fingerprint density at radius 2 is 1.09 bits per heavy atom. The molecule has 4 aromatic carbocycles. The Morgan fingerprint density at radius 3 is 1.52 bits per heavy atom. The molecule has 5 rings (SSSR count). The lowest BCUT2D eigenvalue weighted by Crippen LogP contribution is -2.40. The molecule has 1 fully saturated rings. The Morgan fingerprint density at radius 1 is 0.697 bits per heavy atom. The van der Waals surface area contributed by atoms with Gasteiger partial charge in [-0.15, -0.1) is 0 Å². The van der Waals surface area contributed by atoms with Gasteiger partial charge in [0, 0.05) is 6.04 Å². The van der Waals surface area contributed by atoms with Crippen LogP contribution in [0.3, 0.4) is 0 Å². The predicted molar refractivity (Wildman–Crippen MR) is 131 cm³/mol. The van der Waals surface area contributed by atoms with Gasteiger partial charge in [-0.05, 0) is 29.2 Å². The van der Waals surface area contributed by atoms with Gasteiger partial charge in [-0.25, -0.2) is 0 Å². The van der Waals surface area contributed by atoms with Crippen LogP contribution in [0.15, 0.2) is 121 Å². The van der Waals surface area contributed by atoms with Crippen molar-refractivity contribution in [1.82, 2.24) is 4.90 Å². The van der Waals surface area contributed by atoms with Crippen molar-refractivity contribution in [2.45, 2.75) is 31.2 Å². The monoisotopic (exact) mass is 433 g/mol. The fourth-order valence-corrected chi connectivity index (χ4v) is 4.97. The van der Waals surface area contributed by atoms with Gasteiger partial charge < -0.3 is 4.74 Å². The van der Waals surface area contributed by atoms with Crippen molar-refractivity contribution in [3.05, 3.63) is 144 Å². The first-order valence-corrected chi connectivity index (χ1v) is 11.4. The summed E-state index contributed by atoms with van der Waals surface area (Å²) in [4.78, 5) is 15.6. The number of ether oxygens (including phenoxy) is 1. The molecule has 0 amide bonds. The Hall–Kier alpha value is -3.69. The maximum Gasteiger partial charge on any atom is 0.325 e. The van der Waals surface area contributed by atoms with E-state index in [0.29, 0.717) is 0 Å².